The number of anilines is 1. The summed E-state index contributed by atoms with van der Waals surface area (Å²) in [6, 6.07) is 14.3. The van der Waals surface area contributed by atoms with E-state index in [4.69, 9.17) is 16.3 Å². The van der Waals surface area contributed by atoms with Crippen molar-refractivity contribution in [3.63, 3.8) is 0 Å². The van der Waals surface area contributed by atoms with Gasteiger partial charge in [-0.15, -0.1) is 0 Å². The number of rotatable bonds is 7. The lowest BCUT2D eigenvalue weighted by atomic mass is 10.1. The minimum Gasteiger partial charge on any atom is -0.484 e. The summed E-state index contributed by atoms with van der Waals surface area (Å²) in [6.45, 7) is 1.84. The van der Waals surface area contributed by atoms with Crippen molar-refractivity contribution < 1.29 is 14.3 Å². The number of carbonyl (C=O) groups excluding carboxylic acids is 2. The van der Waals surface area contributed by atoms with Gasteiger partial charge in [0.25, 0.3) is 5.91 Å². The average Bonchev–Trinajstić information content (AvgIpc) is 2.61. The van der Waals surface area contributed by atoms with Gasteiger partial charge in [0, 0.05) is 17.8 Å². The van der Waals surface area contributed by atoms with Crippen LogP contribution in [0.3, 0.4) is 0 Å². The van der Waals surface area contributed by atoms with Gasteiger partial charge in [-0.2, -0.15) is 0 Å². The third kappa shape index (κ3) is 5.80. The van der Waals surface area contributed by atoms with Crippen LogP contribution in [0.2, 0.25) is 5.02 Å². The minimum atomic E-state index is -0.283. The Morgan fingerprint density at radius 1 is 1.12 bits per heavy atom. The maximum atomic E-state index is 12.1. The van der Waals surface area contributed by atoms with E-state index in [1.165, 1.54) is 4.90 Å². The molecule has 2 aromatic rings. The monoisotopic (exact) mass is 360 g/mol. The van der Waals surface area contributed by atoms with Crippen molar-refractivity contribution in [2.24, 2.45) is 0 Å². The molecule has 0 aromatic heterocycles. The number of likely N-dealkylation sites (N-methyl/N-ethyl adjacent to an activating group) is 1. The van der Waals surface area contributed by atoms with Crippen LogP contribution in [0, 0.1) is 0 Å². The van der Waals surface area contributed by atoms with Crippen LogP contribution in [0.25, 0.3) is 0 Å². The highest BCUT2D eigenvalue weighted by Crippen LogP contribution is 2.16. The Balaban J connectivity index is 1.83. The summed E-state index contributed by atoms with van der Waals surface area (Å²) < 4.78 is 5.40. The number of para-hydroxylation sites is 1. The number of hydrogen-bond acceptors (Lipinski definition) is 3. The van der Waals surface area contributed by atoms with Gasteiger partial charge in [0.1, 0.15) is 5.75 Å². The lowest BCUT2D eigenvalue weighted by Gasteiger charge is -2.18. The number of ether oxygens (including phenoxy) is 1. The average molecular weight is 361 g/mol. The second kappa shape index (κ2) is 9.08. The fourth-order valence-electron chi connectivity index (χ4n) is 2.23. The Labute approximate surface area is 152 Å². The zero-order valence-electron chi connectivity index (χ0n) is 14.3. The molecule has 2 aromatic carbocycles. The summed E-state index contributed by atoms with van der Waals surface area (Å²) in [7, 11) is 1.57. The molecule has 0 fully saturated rings. The molecule has 0 aliphatic carbocycles. The van der Waals surface area contributed by atoms with Gasteiger partial charge in [-0.3, -0.25) is 9.59 Å². The Bertz CT molecular complexity index is 732. The largest absolute Gasteiger partial charge is 0.484 e. The lowest BCUT2D eigenvalue weighted by Crippen LogP contribution is -2.37. The van der Waals surface area contributed by atoms with Gasteiger partial charge in [-0.25, -0.2) is 0 Å². The summed E-state index contributed by atoms with van der Waals surface area (Å²) in [6.07, 6.45) is 0.820. The van der Waals surface area contributed by atoms with E-state index in [-0.39, 0.29) is 25.0 Å². The van der Waals surface area contributed by atoms with Gasteiger partial charge in [0.05, 0.1) is 6.54 Å². The minimum absolute atomic E-state index is 0.0408. The normalized spacial score (nSPS) is 10.2. The SMILES string of the molecule is CCc1ccccc1NC(=O)CN(C)C(=O)COc1ccc(Cl)cc1. The summed E-state index contributed by atoms with van der Waals surface area (Å²) in [5.74, 6) is 0.0181. The molecular weight excluding hydrogens is 340 g/mol. The first kappa shape index (κ1) is 18.8. The number of nitrogens with zero attached hydrogens (tertiary/aromatic N) is 1. The highest BCUT2D eigenvalue weighted by molar-refractivity contribution is 6.30. The summed E-state index contributed by atoms with van der Waals surface area (Å²) in [5.41, 5.74) is 1.82. The Hall–Kier alpha value is -2.53. The first-order valence-corrected chi connectivity index (χ1v) is 8.37. The summed E-state index contributed by atoms with van der Waals surface area (Å²) >= 11 is 5.80. The standard InChI is InChI=1S/C19H21ClN2O3/c1-3-14-6-4-5-7-17(14)21-18(23)12-22(2)19(24)13-25-16-10-8-15(20)9-11-16/h4-11H,3,12-13H2,1-2H3,(H,21,23). The van der Waals surface area contributed by atoms with E-state index in [1.54, 1.807) is 31.3 Å². The number of nitrogens with one attached hydrogen (secondary N) is 1. The molecule has 0 heterocycles. The van der Waals surface area contributed by atoms with Crippen molar-refractivity contribution in [1.29, 1.82) is 0 Å². The van der Waals surface area contributed by atoms with Gasteiger partial charge >= 0.3 is 0 Å². The van der Waals surface area contributed by atoms with Crippen LogP contribution in [-0.4, -0.2) is 36.9 Å². The molecule has 0 radical (unpaired) electrons. The van der Waals surface area contributed by atoms with Crippen LogP contribution in [0.5, 0.6) is 5.75 Å². The molecule has 5 nitrogen and oxygen atoms in total. The van der Waals surface area contributed by atoms with Gasteiger partial charge in [0.15, 0.2) is 6.61 Å². The van der Waals surface area contributed by atoms with E-state index in [2.05, 4.69) is 5.32 Å². The topological polar surface area (TPSA) is 58.6 Å². The molecule has 132 valence electrons. The number of hydrogen-bond donors (Lipinski definition) is 1. The predicted octanol–water partition coefficient (Wildman–Crippen LogP) is 3.38. The van der Waals surface area contributed by atoms with Crippen molar-refractivity contribution in [1.82, 2.24) is 4.90 Å². The third-order valence-corrected chi connectivity index (χ3v) is 3.91. The van der Waals surface area contributed by atoms with E-state index in [1.807, 2.05) is 31.2 Å². The van der Waals surface area contributed by atoms with Gasteiger partial charge in [0.2, 0.25) is 5.91 Å². The van der Waals surface area contributed by atoms with Crippen molar-refractivity contribution >= 4 is 29.1 Å². The van der Waals surface area contributed by atoms with Crippen LogP contribution in [0.1, 0.15) is 12.5 Å². The fraction of sp³-hybridized carbons (Fsp3) is 0.263. The number of halogens is 1. The second-order valence-electron chi connectivity index (χ2n) is 5.55. The van der Waals surface area contributed by atoms with Gasteiger partial charge in [-0.05, 0) is 42.3 Å². The van der Waals surface area contributed by atoms with Gasteiger partial charge < -0.3 is 15.0 Å². The van der Waals surface area contributed by atoms with Crippen molar-refractivity contribution in [3.8, 4) is 5.75 Å². The Kier molecular flexibility index (Phi) is 6.83. The van der Waals surface area contributed by atoms with Crippen LogP contribution in [0.15, 0.2) is 48.5 Å². The van der Waals surface area contributed by atoms with Gasteiger partial charge in [-0.1, -0.05) is 36.7 Å². The molecule has 0 bridgehead atoms. The molecule has 2 rings (SSSR count). The molecule has 6 heteroatoms. The van der Waals surface area contributed by atoms with Crippen molar-refractivity contribution in [3.05, 3.63) is 59.1 Å². The molecule has 0 aliphatic rings. The maximum absolute atomic E-state index is 12.1. The van der Waals surface area contributed by atoms with E-state index in [0.29, 0.717) is 10.8 Å². The number of amides is 2. The predicted molar refractivity (Wildman–Crippen MR) is 99.0 cm³/mol. The summed E-state index contributed by atoms with van der Waals surface area (Å²) in [4.78, 5) is 25.6. The van der Waals surface area contributed by atoms with E-state index in [0.717, 1.165) is 17.7 Å². The lowest BCUT2D eigenvalue weighted by molar-refractivity contribution is -0.135. The summed E-state index contributed by atoms with van der Waals surface area (Å²) in [5, 5.41) is 3.44. The van der Waals surface area contributed by atoms with E-state index < -0.39 is 0 Å². The molecule has 25 heavy (non-hydrogen) atoms. The Morgan fingerprint density at radius 3 is 2.48 bits per heavy atom. The van der Waals surface area contributed by atoms with Crippen LogP contribution in [0.4, 0.5) is 5.69 Å². The van der Waals surface area contributed by atoms with Crippen molar-refractivity contribution in [2.75, 3.05) is 25.5 Å². The Morgan fingerprint density at radius 2 is 1.80 bits per heavy atom. The molecule has 0 aliphatic heterocycles. The molecule has 0 atom stereocenters. The molecule has 2 amide bonds. The molecule has 0 spiro atoms. The molecule has 0 saturated carbocycles. The zero-order chi connectivity index (χ0) is 18.2. The van der Waals surface area contributed by atoms with Crippen LogP contribution >= 0.6 is 11.6 Å². The van der Waals surface area contributed by atoms with E-state index in [9.17, 15) is 9.59 Å². The highest BCUT2D eigenvalue weighted by atomic mass is 35.5. The number of benzene rings is 2. The second-order valence-corrected chi connectivity index (χ2v) is 5.99. The first-order valence-electron chi connectivity index (χ1n) is 7.99. The van der Waals surface area contributed by atoms with Crippen LogP contribution < -0.4 is 10.1 Å². The number of carbonyl (C=O) groups is 2. The quantitative estimate of drug-likeness (QED) is 0.823. The van der Waals surface area contributed by atoms with E-state index >= 15 is 0 Å². The fourth-order valence-corrected chi connectivity index (χ4v) is 2.36. The maximum Gasteiger partial charge on any atom is 0.260 e. The smallest absolute Gasteiger partial charge is 0.260 e. The molecule has 0 unspecified atom stereocenters. The first-order chi connectivity index (χ1) is 12.0. The molecule has 0 saturated heterocycles. The zero-order valence-corrected chi connectivity index (χ0v) is 15.0. The molecule has 1 N–H and O–H groups in total. The highest BCUT2D eigenvalue weighted by Gasteiger charge is 2.14. The third-order valence-electron chi connectivity index (χ3n) is 3.65. The molecular formula is C19H21ClN2O3. The van der Waals surface area contributed by atoms with Crippen LogP contribution in [-0.2, 0) is 16.0 Å². The van der Waals surface area contributed by atoms with Crippen molar-refractivity contribution in [2.45, 2.75) is 13.3 Å². The number of aryl methyl sites for hydroxylation is 1.